The highest BCUT2D eigenvalue weighted by Crippen LogP contribution is 2.34. The number of hydrazine groups is 1. The highest BCUT2D eigenvalue weighted by atomic mass is 32.1. The molecule has 1 aliphatic heterocycles. The summed E-state index contributed by atoms with van der Waals surface area (Å²) < 4.78 is 68.0. The van der Waals surface area contributed by atoms with E-state index in [0.29, 0.717) is 21.3 Å². The van der Waals surface area contributed by atoms with Gasteiger partial charge in [0.15, 0.2) is 5.13 Å². The fourth-order valence-electron chi connectivity index (χ4n) is 4.35. The van der Waals surface area contributed by atoms with Gasteiger partial charge in [0.2, 0.25) is 5.91 Å². The molecule has 3 aromatic rings. The van der Waals surface area contributed by atoms with Crippen molar-refractivity contribution in [3.8, 4) is 0 Å². The Kier molecular flexibility index (Phi) is 8.84. The second-order valence-electron chi connectivity index (χ2n) is 9.89. The van der Waals surface area contributed by atoms with Crippen molar-refractivity contribution >= 4 is 45.4 Å². The van der Waals surface area contributed by atoms with Gasteiger partial charge in [0.05, 0.1) is 28.4 Å². The second kappa shape index (κ2) is 12.0. The zero-order chi connectivity index (χ0) is 30.8. The number of hydrogen-bond acceptors (Lipinski definition) is 8. The van der Waals surface area contributed by atoms with E-state index in [1.807, 2.05) is 0 Å². The molecule has 1 fully saturated rings. The summed E-state index contributed by atoms with van der Waals surface area (Å²) in [4.78, 5) is 30.3. The van der Waals surface area contributed by atoms with Crippen LogP contribution in [0.15, 0.2) is 48.8 Å². The van der Waals surface area contributed by atoms with E-state index in [4.69, 9.17) is 11.6 Å². The van der Waals surface area contributed by atoms with Crippen molar-refractivity contribution in [1.82, 2.24) is 9.88 Å². The molecule has 0 atom stereocenters. The fourth-order valence-corrected chi connectivity index (χ4v) is 5.13. The van der Waals surface area contributed by atoms with E-state index >= 15 is 0 Å². The molecule has 0 spiro atoms. The Morgan fingerprint density at radius 1 is 1.19 bits per heavy atom. The lowest BCUT2D eigenvalue weighted by atomic mass is 10.1. The van der Waals surface area contributed by atoms with Crippen LogP contribution in [0.5, 0.6) is 0 Å². The van der Waals surface area contributed by atoms with Crippen LogP contribution < -0.4 is 27.2 Å². The molecular weight excluding hydrogens is 581 g/mol. The van der Waals surface area contributed by atoms with Gasteiger partial charge in [-0.2, -0.15) is 13.2 Å². The van der Waals surface area contributed by atoms with Crippen molar-refractivity contribution in [2.24, 2.45) is 11.6 Å². The molecule has 0 unspecified atom stereocenters. The van der Waals surface area contributed by atoms with Gasteiger partial charge >= 0.3 is 6.18 Å². The van der Waals surface area contributed by atoms with Crippen LogP contribution in [0.2, 0.25) is 0 Å². The molecule has 0 radical (unpaired) electrons. The van der Waals surface area contributed by atoms with E-state index in [1.54, 1.807) is 13.0 Å². The van der Waals surface area contributed by atoms with E-state index in [9.17, 15) is 31.5 Å². The molecule has 2 amide bonds. The highest BCUT2D eigenvalue weighted by Gasteiger charge is 2.38. The van der Waals surface area contributed by atoms with Crippen LogP contribution in [-0.2, 0) is 17.5 Å². The van der Waals surface area contributed by atoms with Gasteiger partial charge in [-0.15, -0.1) is 0 Å². The SMILES string of the molecule is CC(=O)Nc1ncc(/C(N)=C/N(N)c2cc(C(=O)Nc3cc(CN4CCC(F)(F)C4)cc(C(F)(F)F)c3)ccc2C)s1. The van der Waals surface area contributed by atoms with Crippen molar-refractivity contribution in [2.45, 2.75) is 38.9 Å². The molecule has 2 aromatic carbocycles. The lowest BCUT2D eigenvalue weighted by molar-refractivity contribution is -0.137. The van der Waals surface area contributed by atoms with Crippen LogP contribution in [0.4, 0.5) is 38.5 Å². The number of rotatable bonds is 8. The minimum Gasteiger partial charge on any atom is -0.396 e. The fraction of sp³-hybridized carbons (Fsp3) is 0.296. The normalized spacial score (nSPS) is 15.5. The predicted octanol–water partition coefficient (Wildman–Crippen LogP) is 5.16. The molecule has 1 aliphatic rings. The molecule has 0 saturated carbocycles. The van der Waals surface area contributed by atoms with Crippen molar-refractivity contribution in [3.05, 3.63) is 75.9 Å². The van der Waals surface area contributed by atoms with Crippen molar-refractivity contribution in [2.75, 3.05) is 28.7 Å². The van der Waals surface area contributed by atoms with Crippen LogP contribution in [0, 0.1) is 6.92 Å². The van der Waals surface area contributed by atoms with E-state index in [-0.39, 0.29) is 47.9 Å². The first kappa shape index (κ1) is 30.9. The Bertz CT molecular complexity index is 1520. The van der Waals surface area contributed by atoms with Gasteiger partial charge in [-0.25, -0.2) is 19.6 Å². The van der Waals surface area contributed by atoms with Crippen LogP contribution in [0.25, 0.3) is 5.70 Å². The third-order valence-electron chi connectivity index (χ3n) is 6.33. The number of nitrogens with one attached hydrogen (secondary N) is 2. The number of hydrogen-bond donors (Lipinski definition) is 4. The molecule has 0 bridgehead atoms. The van der Waals surface area contributed by atoms with Gasteiger partial charge in [-0.1, -0.05) is 17.4 Å². The highest BCUT2D eigenvalue weighted by molar-refractivity contribution is 7.16. The number of nitrogens with zero attached hydrogens (tertiary/aromatic N) is 3. The largest absolute Gasteiger partial charge is 0.416 e. The van der Waals surface area contributed by atoms with Crippen LogP contribution in [-0.4, -0.2) is 40.7 Å². The van der Waals surface area contributed by atoms with Crippen LogP contribution in [0.3, 0.4) is 0 Å². The molecule has 0 aliphatic carbocycles. The molecule has 1 saturated heterocycles. The maximum atomic E-state index is 13.6. The number of anilines is 3. The average Bonchev–Trinajstić information content (AvgIpc) is 3.48. The Labute approximate surface area is 242 Å². The molecule has 224 valence electrons. The lowest BCUT2D eigenvalue weighted by Gasteiger charge is -2.19. The van der Waals surface area contributed by atoms with E-state index in [1.165, 1.54) is 47.4 Å². The topological polar surface area (TPSA) is 130 Å². The third kappa shape index (κ3) is 7.80. The number of carbonyl (C=O) groups excluding carboxylic acids is 2. The zero-order valence-corrected chi connectivity index (χ0v) is 23.4. The summed E-state index contributed by atoms with van der Waals surface area (Å²) in [6.45, 7) is 2.45. The van der Waals surface area contributed by atoms with Gasteiger partial charge in [0, 0.05) is 50.1 Å². The monoisotopic (exact) mass is 609 g/mol. The van der Waals surface area contributed by atoms with Crippen molar-refractivity contribution < 1.29 is 31.5 Å². The van der Waals surface area contributed by atoms with E-state index in [0.717, 1.165) is 23.5 Å². The number of benzene rings is 2. The number of alkyl halides is 5. The first-order valence-electron chi connectivity index (χ1n) is 12.6. The number of carbonyl (C=O) groups is 2. The molecule has 2 heterocycles. The van der Waals surface area contributed by atoms with Crippen molar-refractivity contribution in [1.29, 1.82) is 0 Å². The summed E-state index contributed by atoms with van der Waals surface area (Å²) in [6, 6.07) is 7.56. The molecule has 4 rings (SSSR count). The molecule has 42 heavy (non-hydrogen) atoms. The molecule has 15 heteroatoms. The number of nitrogens with two attached hydrogens (primary N) is 2. The number of aryl methyl sites for hydroxylation is 1. The van der Waals surface area contributed by atoms with E-state index < -0.39 is 30.1 Å². The maximum absolute atomic E-state index is 13.6. The summed E-state index contributed by atoms with van der Waals surface area (Å²) >= 11 is 1.13. The number of thiazole rings is 1. The van der Waals surface area contributed by atoms with Gasteiger partial charge in [-0.05, 0) is 48.4 Å². The molecule has 1 aromatic heterocycles. The maximum Gasteiger partial charge on any atom is 0.416 e. The van der Waals surface area contributed by atoms with E-state index in [2.05, 4.69) is 15.6 Å². The third-order valence-corrected chi connectivity index (χ3v) is 7.30. The predicted molar refractivity (Wildman–Crippen MR) is 151 cm³/mol. The smallest absolute Gasteiger partial charge is 0.396 e. The Balaban J connectivity index is 1.54. The number of likely N-dealkylation sites (tertiary alicyclic amines) is 1. The zero-order valence-electron chi connectivity index (χ0n) is 22.6. The van der Waals surface area contributed by atoms with Gasteiger partial charge in [-0.3, -0.25) is 19.5 Å². The lowest BCUT2D eigenvalue weighted by Crippen LogP contribution is -2.27. The average molecular weight is 610 g/mol. The molecule has 9 nitrogen and oxygen atoms in total. The summed E-state index contributed by atoms with van der Waals surface area (Å²) in [7, 11) is 0. The Morgan fingerprint density at radius 2 is 1.93 bits per heavy atom. The quantitative estimate of drug-likeness (QED) is 0.158. The number of halogens is 5. The second-order valence-corrected chi connectivity index (χ2v) is 10.9. The first-order chi connectivity index (χ1) is 19.6. The summed E-state index contributed by atoms with van der Waals surface area (Å²) in [6.07, 6.45) is -2.22. The summed E-state index contributed by atoms with van der Waals surface area (Å²) in [5.41, 5.74) is 6.53. The molecule has 6 N–H and O–H groups in total. The first-order valence-corrected chi connectivity index (χ1v) is 13.4. The summed E-state index contributed by atoms with van der Waals surface area (Å²) in [5, 5.41) is 6.57. The standard InChI is InChI=1S/C27H28F5N7O2S/c1-15-3-4-18(9-22(15)39(34)13-21(33)23-11-35-25(42-23)36-16(2)40)24(41)37-20-8-17(7-19(10-20)27(30,31)32)12-38-6-5-26(28,29)14-38/h3-4,7-11,13H,5-6,12,14,33-34H2,1-2H3,(H,37,41)(H,35,36,40)/b21-13-. The van der Waals surface area contributed by atoms with Gasteiger partial charge < -0.3 is 16.4 Å². The van der Waals surface area contributed by atoms with Crippen LogP contribution >= 0.6 is 11.3 Å². The Hall–Kier alpha value is -4.08. The van der Waals surface area contributed by atoms with Gasteiger partial charge in [0.25, 0.3) is 11.8 Å². The summed E-state index contributed by atoms with van der Waals surface area (Å²) in [5.74, 6) is 2.31. The van der Waals surface area contributed by atoms with Crippen molar-refractivity contribution in [3.63, 3.8) is 0 Å². The number of aromatic nitrogens is 1. The van der Waals surface area contributed by atoms with Crippen LogP contribution in [0.1, 0.15) is 45.3 Å². The number of amides is 2. The van der Waals surface area contributed by atoms with Gasteiger partial charge in [0.1, 0.15) is 0 Å². The molecular formula is C27H28F5N7O2S. The minimum atomic E-state index is -4.71. The Morgan fingerprint density at radius 3 is 2.57 bits per heavy atom. The minimum absolute atomic E-state index is 0.0467.